The van der Waals surface area contributed by atoms with Gasteiger partial charge in [0.05, 0.1) is 0 Å². The molecule has 0 spiro atoms. The number of halogens is 1. The molecule has 0 aromatic heterocycles. The summed E-state index contributed by atoms with van der Waals surface area (Å²) in [6, 6.07) is 10.5. The zero-order valence-corrected chi connectivity index (χ0v) is 13.1. The van der Waals surface area contributed by atoms with Crippen molar-refractivity contribution in [3.05, 3.63) is 30.3 Å². The predicted octanol–water partition coefficient (Wildman–Crippen LogP) is 6.17. The molecule has 1 aromatic rings. The van der Waals surface area contributed by atoms with Crippen LogP contribution in [0.1, 0.15) is 71.1 Å². The van der Waals surface area contributed by atoms with Crippen LogP contribution in [0.3, 0.4) is 0 Å². The Kier molecular flexibility index (Phi) is 13.6. The number of hydrogen-bond donors (Lipinski definition) is 1. The van der Waals surface area contributed by atoms with Crippen molar-refractivity contribution in [1.29, 1.82) is 0 Å². The number of nitrogens with one attached hydrogen (secondary N) is 1. The van der Waals surface area contributed by atoms with Gasteiger partial charge in [-0.1, -0.05) is 82.9 Å². The van der Waals surface area contributed by atoms with Crippen LogP contribution in [0, 0.1) is 0 Å². The van der Waals surface area contributed by atoms with Crippen molar-refractivity contribution < 1.29 is 4.70 Å². The molecule has 0 amide bonds. The maximum absolute atomic E-state index is 3.47. The highest BCUT2D eigenvalue weighted by Gasteiger charge is 1.93. The summed E-state index contributed by atoms with van der Waals surface area (Å²) in [5.74, 6) is 0. The summed E-state index contributed by atoms with van der Waals surface area (Å²) in [6.45, 7) is 3.39. The molecule has 1 nitrogen and oxygen atoms in total. The first-order valence-corrected chi connectivity index (χ1v) is 8.22. The molecule has 1 rings (SSSR count). The Bertz CT molecular complexity index is 287. The van der Waals surface area contributed by atoms with Crippen molar-refractivity contribution in [2.45, 2.75) is 71.1 Å². The maximum atomic E-state index is 3.47. The van der Waals surface area contributed by atoms with Crippen LogP contribution in [0.15, 0.2) is 30.3 Å². The average Bonchev–Trinajstić information content (AvgIpc) is 2.46. The Morgan fingerprint density at radius 2 is 1.20 bits per heavy atom. The second-order valence-electron chi connectivity index (χ2n) is 5.47. The molecule has 0 aliphatic rings. The zero-order chi connectivity index (χ0) is 13.6. The number of hydrogen-bond acceptors (Lipinski definition) is 1. The van der Waals surface area contributed by atoms with Gasteiger partial charge in [0.25, 0.3) is 0 Å². The van der Waals surface area contributed by atoms with E-state index in [4.69, 9.17) is 0 Å². The van der Waals surface area contributed by atoms with E-state index >= 15 is 0 Å². The number of anilines is 1. The summed E-state index contributed by atoms with van der Waals surface area (Å²) in [6.07, 6.45) is 14.1. The van der Waals surface area contributed by atoms with Gasteiger partial charge in [-0.3, -0.25) is 4.70 Å². The Morgan fingerprint density at radius 1 is 0.700 bits per heavy atom. The molecule has 1 aromatic carbocycles. The lowest BCUT2D eigenvalue weighted by Crippen LogP contribution is -2.00. The highest BCUT2D eigenvalue weighted by molar-refractivity contribution is 5.42. The van der Waals surface area contributed by atoms with Crippen molar-refractivity contribution in [3.63, 3.8) is 0 Å². The third-order valence-electron chi connectivity index (χ3n) is 3.63. The average molecular weight is 281 g/mol. The molecule has 0 aliphatic carbocycles. The van der Waals surface area contributed by atoms with E-state index in [1.807, 2.05) is 0 Å². The number of para-hydroxylation sites is 1. The molecule has 0 aliphatic heterocycles. The van der Waals surface area contributed by atoms with Crippen LogP contribution < -0.4 is 5.32 Å². The Hall–Kier alpha value is -1.05. The van der Waals surface area contributed by atoms with E-state index in [9.17, 15) is 0 Å². The van der Waals surface area contributed by atoms with Crippen LogP contribution in [-0.4, -0.2) is 6.54 Å². The first-order valence-electron chi connectivity index (χ1n) is 8.22. The van der Waals surface area contributed by atoms with Crippen molar-refractivity contribution in [2.24, 2.45) is 0 Å². The fourth-order valence-corrected chi connectivity index (χ4v) is 2.40. The van der Waals surface area contributed by atoms with Gasteiger partial charge in [-0.05, 0) is 18.6 Å². The van der Waals surface area contributed by atoms with Crippen molar-refractivity contribution >= 4 is 5.69 Å². The van der Waals surface area contributed by atoms with E-state index in [0.29, 0.717) is 0 Å². The summed E-state index contributed by atoms with van der Waals surface area (Å²) in [5.41, 5.74) is 1.25. The molecule has 0 radical (unpaired) electrons. The van der Waals surface area contributed by atoms with Gasteiger partial charge in [-0.2, -0.15) is 0 Å². The minimum atomic E-state index is 0. The molecule has 0 fully saturated rings. The fraction of sp³-hybridized carbons (Fsp3) is 0.667. The number of rotatable bonds is 12. The van der Waals surface area contributed by atoms with Crippen LogP contribution in [-0.2, 0) is 0 Å². The topological polar surface area (TPSA) is 12.0 Å². The standard InChI is InChI=1S/C18H31N.FH/c1-2-3-4-5-6-7-8-9-10-14-17-19-18-15-12-11-13-16-18;/h11-13,15-16,19H,2-10,14,17H2,1H3;1H. The predicted molar refractivity (Wildman–Crippen MR) is 89.3 cm³/mol. The van der Waals surface area contributed by atoms with Crippen molar-refractivity contribution in [3.8, 4) is 0 Å². The summed E-state index contributed by atoms with van der Waals surface area (Å²) < 4.78 is 0. The van der Waals surface area contributed by atoms with Crippen molar-refractivity contribution in [1.82, 2.24) is 0 Å². The first-order chi connectivity index (χ1) is 9.43. The van der Waals surface area contributed by atoms with Gasteiger partial charge in [0, 0.05) is 12.2 Å². The van der Waals surface area contributed by atoms with Crippen LogP contribution in [0.4, 0.5) is 10.4 Å². The largest absolute Gasteiger partial charge is 0.385 e. The highest BCUT2D eigenvalue weighted by Crippen LogP contribution is 2.11. The van der Waals surface area contributed by atoms with E-state index < -0.39 is 0 Å². The molecule has 0 saturated heterocycles. The third-order valence-corrected chi connectivity index (χ3v) is 3.63. The van der Waals surface area contributed by atoms with Crippen LogP contribution in [0.5, 0.6) is 0 Å². The lowest BCUT2D eigenvalue weighted by atomic mass is 10.1. The van der Waals surface area contributed by atoms with Gasteiger partial charge >= 0.3 is 0 Å². The van der Waals surface area contributed by atoms with Crippen LogP contribution in [0.25, 0.3) is 0 Å². The minimum Gasteiger partial charge on any atom is -0.385 e. The first kappa shape index (κ1) is 18.9. The van der Waals surface area contributed by atoms with Crippen molar-refractivity contribution in [2.75, 3.05) is 11.9 Å². The van der Waals surface area contributed by atoms with Gasteiger partial charge in [-0.25, -0.2) is 0 Å². The molecule has 0 atom stereocenters. The second kappa shape index (κ2) is 14.4. The highest BCUT2D eigenvalue weighted by atomic mass is 19.0. The molecule has 1 N–H and O–H groups in total. The Morgan fingerprint density at radius 3 is 1.75 bits per heavy atom. The molecule has 0 unspecified atom stereocenters. The number of unbranched alkanes of at least 4 members (excludes halogenated alkanes) is 9. The molecule has 0 saturated carbocycles. The molecule has 20 heavy (non-hydrogen) atoms. The summed E-state index contributed by atoms with van der Waals surface area (Å²) in [7, 11) is 0. The van der Waals surface area contributed by atoms with E-state index in [1.54, 1.807) is 0 Å². The molecule has 116 valence electrons. The second-order valence-corrected chi connectivity index (χ2v) is 5.47. The van der Waals surface area contributed by atoms with Gasteiger partial charge < -0.3 is 5.32 Å². The summed E-state index contributed by atoms with van der Waals surface area (Å²) >= 11 is 0. The lowest BCUT2D eigenvalue weighted by molar-refractivity contribution is 0.560. The fourth-order valence-electron chi connectivity index (χ4n) is 2.40. The Balaban J connectivity index is 0.00000361. The maximum Gasteiger partial charge on any atom is 0.0340 e. The van der Waals surface area contributed by atoms with E-state index in [1.165, 1.54) is 69.9 Å². The molecule has 0 bridgehead atoms. The quantitative estimate of drug-likeness (QED) is 0.452. The summed E-state index contributed by atoms with van der Waals surface area (Å²) in [4.78, 5) is 0. The molecule has 2 heteroatoms. The third kappa shape index (κ3) is 10.8. The van der Waals surface area contributed by atoms with Gasteiger partial charge in [0.15, 0.2) is 0 Å². The van der Waals surface area contributed by atoms with Crippen LogP contribution in [0.2, 0.25) is 0 Å². The lowest BCUT2D eigenvalue weighted by Gasteiger charge is -2.06. The zero-order valence-electron chi connectivity index (χ0n) is 13.1. The minimum absolute atomic E-state index is 0. The normalized spacial score (nSPS) is 10.1. The SMILES string of the molecule is CCCCCCCCCCCCNc1ccccc1.F. The molecular formula is C18H32FN. The van der Waals surface area contributed by atoms with Crippen LogP contribution >= 0.6 is 0 Å². The monoisotopic (exact) mass is 281 g/mol. The molecular weight excluding hydrogens is 249 g/mol. The smallest absolute Gasteiger partial charge is 0.0340 e. The molecule has 0 heterocycles. The van der Waals surface area contributed by atoms with E-state index in [0.717, 1.165) is 6.54 Å². The van der Waals surface area contributed by atoms with Gasteiger partial charge in [0.1, 0.15) is 0 Å². The number of benzene rings is 1. The van der Waals surface area contributed by atoms with Gasteiger partial charge in [-0.15, -0.1) is 0 Å². The Labute approximate surface area is 124 Å². The van der Waals surface area contributed by atoms with E-state index in [-0.39, 0.29) is 4.70 Å². The van der Waals surface area contributed by atoms with Gasteiger partial charge in [0.2, 0.25) is 0 Å². The van der Waals surface area contributed by atoms with E-state index in [2.05, 4.69) is 42.6 Å². The summed E-state index contributed by atoms with van der Waals surface area (Å²) in [5, 5.41) is 3.47.